The van der Waals surface area contributed by atoms with Crippen molar-refractivity contribution in [2.45, 2.75) is 5.92 Å². The molecule has 1 rings (SSSR count). The summed E-state index contributed by atoms with van der Waals surface area (Å²) in [4.78, 5) is 11.4. The van der Waals surface area contributed by atoms with Gasteiger partial charge in [0.25, 0.3) is 0 Å². The summed E-state index contributed by atoms with van der Waals surface area (Å²) in [5.74, 6) is 0.0305. The standard InChI is InChI=1S/C11H15NO3.ClH/c1-14-9-5-3-8(4-6-9)10(7-12)11(13)15-2;/h3-6,10H,7,12H2,1-2H3;1H/t10-;/m1./s1. The zero-order valence-electron chi connectivity index (χ0n) is 9.30. The topological polar surface area (TPSA) is 61.5 Å². The Morgan fingerprint density at radius 1 is 1.31 bits per heavy atom. The van der Waals surface area contributed by atoms with Crippen LogP contribution in [0.4, 0.5) is 0 Å². The highest BCUT2D eigenvalue weighted by atomic mass is 35.5. The average Bonchev–Trinajstić information content (AvgIpc) is 2.30. The van der Waals surface area contributed by atoms with Gasteiger partial charge in [0.15, 0.2) is 0 Å². The summed E-state index contributed by atoms with van der Waals surface area (Å²) in [6.45, 7) is 0.235. The van der Waals surface area contributed by atoms with Crippen molar-refractivity contribution in [3.63, 3.8) is 0 Å². The van der Waals surface area contributed by atoms with E-state index in [1.807, 2.05) is 12.1 Å². The molecule has 0 saturated heterocycles. The van der Waals surface area contributed by atoms with Crippen molar-refractivity contribution in [3.8, 4) is 5.75 Å². The molecule has 1 atom stereocenters. The van der Waals surface area contributed by atoms with Crippen LogP contribution in [0.2, 0.25) is 0 Å². The maximum absolute atomic E-state index is 11.4. The highest BCUT2D eigenvalue weighted by Crippen LogP contribution is 2.19. The SMILES string of the molecule is COC(=O)[C@H](CN)c1ccc(OC)cc1.Cl. The highest BCUT2D eigenvalue weighted by molar-refractivity contribution is 5.85. The Kier molecular flexibility index (Phi) is 6.53. The van der Waals surface area contributed by atoms with E-state index >= 15 is 0 Å². The van der Waals surface area contributed by atoms with Crippen molar-refractivity contribution in [2.75, 3.05) is 20.8 Å². The molecule has 16 heavy (non-hydrogen) atoms. The van der Waals surface area contributed by atoms with Crippen LogP contribution in [0.25, 0.3) is 0 Å². The summed E-state index contributed by atoms with van der Waals surface area (Å²) in [6.07, 6.45) is 0. The minimum atomic E-state index is -0.402. The van der Waals surface area contributed by atoms with Gasteiger partial charge in [0.2, 0.25) is 0 Å². The lowest BCUT2D eigenvalue weighted by atomic mass is 9.99. The molecule has 0 unspecified atom stereocenters. The number of carbonyl (C=O) groups excluding carboxylic acids is 1. The van der Waals surface area contributed by atoms with Gasteiger partial charge >= 0.3 is 5.97 Å². The number of carbonyl (C=O) groups is 1. The van der Waals surface area contributed by atoms with E-state index in [9.17, 15) is 4.79 Å². The van der Waals surface area contributed by atoms with Gasteiger partial charge in [-0.1, -0.05) is 12.1 Å². The molecule has 4 nitrogen and oxygen atoms in total. The smallest absolute Gasteiger partial charge is 0.314 e. The van der Waals surface area contributed by atoms with Crippen LogP contribution in [0.1, 0.15) is 11.5 Å². The van der Waals surface area contributed by atoms with Crippen LogP contribution >= 0.6 is 12.4 Å². The van der Waals surface area contributed by atoms with Crippen molar-refractivity contribution in [2.24, 2.45) is 5.73 Å². The number of ether oxygens (including phenoxy) is 2. The van der Waals surface area contributed by atoms with E-state index in [0.717, 1.165) is 11.3 Å². The monoisotopic (exact) mass is 245 g/mol. The lowest BCUT2D eigenvalue weighted by Gasteiger charge is -2.12. The van der Waals surface area contributed by atoms with Crippen LogP contribution in [0.5, 0.6) is 5.75 Å². The Balaban J connectivity index is 0.00000225. The Labute approximate surface area is 101 Å². The van der Waals surface area contributed by atoms with Crippen LogP contribution in [0.3, 0.4) is 0 Å². The van der Waals surface area contributed by atoms with E-state index in [4.69, 9.17) is 10.5 Å². The van der Waals surface area contributed by atoms with Gasteiger partial charge in [0.05, 0.1) is 20.1 Å². The molecule has 0 saturated carbocycles. The Bertz CT molecular complexity index is 327. The van der Waals surface area contributed by atoms with Gasteiger partial charge in [-0.25, -0.2) is 0 Å². The van der Waals surface area contributed by atoms with Gasteiger partial charge in [-0.3, -0.25) is 4.79 Å². The molecule has 0 aliphatic carbocycles. The number of esters is 1. The van der Waals surface area contributed by atoms with Gasteiger partial charge in [0.1, 0.15) is 5.75 Å². The second kappa shape index (κ2) is 7.09. The molecule has 90 valence electrons. The second-order valence-electron chi connectivity index (χ2n) is 3.08. The number of nitrogens with two attached hydrogens (primary N) is 1. The third kappa shape index (κ3) is 3.40. The lowest BCUT2D eigenvalue weighted by molar-refractivity contribution is -0.142. The van der Waals surface area contributed by atoms with Crippen molar-refractivity contribution >= 4 is 18.4 Å². The summed E-state index contributed by atoms with van der Waals surface area (Å²) in [7, 11) is 2.95. The van der Waals surface area contributed by atoms with Crippen LogP contribution in [-0.4, -0.2) is 26.7 Å². The first kappa shape index (κ1) is 14.7. The summed E-state index contributed by atoms with van der Waals surface area (Å²) >= 11 is 0. The normalized spacial score (nSPS) is 11.2. The van der Waals surface area contributed by atoms with Crippen LogP contribution < -0.4 is 10.5 Å². The van der Waals surface area contributed by atoms with E-state index in [2.05, 4.69) is 4.74 Å². The number of benzene rings is 1. The molecule has 0 amide bonds. The fraction of sp³-hybridized carbons (Fsp3) is 0.364. The molecule has 0 fully saturated rings. The van der Waals surface area contributed by atoms with E-state index in [-0.39, 0.29) is 24.9 Å². The number of methoxy groups -OCH3 is 2. The zero-order valence-corrected chi connectivity index (χ0v) is 10.1. The molecule has 0 radical (unpaired) electrons. The number of hydrogen-bond acceptors (Lipinski definition) is 4. The predicted octanol–water partition coefficient (Wildman–Crippen LogP) is 1.33. The molecular formula is C11H16ClNO3. The second-order valence-corrected chi connectivity index (χ2v) is 3.08. The Hall–Kier alpha value is -1.26. The summed E-state index contributed by atoms with van der Waals surface area (Å²) in [6, 6.07) is 7.21. The molecule has 0 bridgehead atoms. The fourth-order valence-electron chi connectivity index (χ4n) is 1.35. The minimum Gasteiger partial charge on any atom is -0.497 e. The highest BCUT2D eigenvalue weighted by Gasteiger charge is 2.19. The van der Waals surface area contributed by atoms with Gasteiger partial charge in [-0.05, 0) is 17.7 Å². The van der Waals surface area contributed by atoms with Crippen molar-refractivity contribution in [1.29, 1.82) is 0 Å². The van der Waals surface area contributed by atoms with Crippen LogP contribution in [0.15, 0.2) is 24.3 Å². The quantitative estimate of drug-likeness (QED) is 0.813. The summed E-state index contributed by atoms with van der Waals surface area (Å²) in [5.41, 5.74) is 6.36. The largest absolute Gasteiger partial charge is 0.497 e. The third-order valence-electron chi connectivity index (χ3n) is 2.24. The molecule has 0 aliphatic heterocycles. The number of halogens is 1. The van der Waals surface area contributed by atoms with Crippen molar-refractivity contribution in [3.05, 3.63) is 29.8 Å². The molecule has 0 aliphatic rings. The fourth-order valence-corrected chi connectivity index (χ4v) is 1.35. The van der Waals surface area contributed by atoms with Crippen molar-refractivity contribution < 1.29 is 14.3 Å². The molecule has 0 heterocycles. The summed E-state index contributed by atoms with van der Waals surface area (Å²) < 4.78 is 9.69. The molecule has 0 aromatic heterocycles. The van der Waals surface area contributed by atoms with E-state index in [1.165, 1.54) is 7.11 Å². The van der Waals surface area contributed by atoms with Crippen LogP contribution in [0, 0.1) is 0 Å². The Morgan fingerprint density at radius 3 is 2.25 bits per heavy atom. The van der Waals surface area contributed by atoms with Gasteiger partial charge < -0.3 is 15.2 Å². The maximum Gasteiger partial charge on any atom is 0.314 e. The maximum atomic E-state index is 11.4. The minimum absolute atomic E-state index is 0. The van der Waals surface area contributed by atoms with Gasteiger partial charge in [-0.2, -0.15) is 0 Å². The van der Waals surface area contributed by atoms with E-state index < -0.39 is 5.92 Å². The first-order chi connectivity index (χ1) is 7.22. The predicted molar refractivity (Wildman–Crippen MR) is 64.1 cm³/mol. The molecule has 1 aromatic rings. The van der Waals surface area contributed by atoms with Gasteiger partial charge in [0, 0.05) is 6.54 Å². The molecular weight excluding hydrogens is 230 g/mol. The van der Waals surface area contributed by atoms with Crippen LogP contribution in [-0.2, 0) is 9.53 Å². The van der Waals surface area contributed by atoms with E-state index in [1.54, 1.807) is 19.2 Å². The average molecular weight is 246 g/mol. The van der Waals surface area contributed by atoms with Crippen molar-refractivity contribution in [1.82, 2.24) is 0 Å². The number of rotatable bonds is 4. The molecule has 0 spiro atoms. The van der Waals surface area contributed by atoms with Gasteiger partial charge in [-0.15, -0.1) is 12.4 Å². The number of hydrogen-bond donors (Lipinski definition) is 1. The molecule has 1 aromatic carbocycles. The first-order valence-electron chi connectivity index (χ1n) is 4.64. The summed E-state index contributed by atoms with van der Waals surface area (Å²) in [5, 5.41) is 0. The Morgan fingerprint density at radius 2 is 1.88 bits per heavy atom. The zero-order chi connectivity index (χ0) is 11.3. The first-order valence-corrected chi connectivity index (χ1v) is 4.64. The lowest BCUT2D eigenvalue weighted by Crippen LogP contribution is -2.22. The molecule has 5 heteroatoms. The van der Waals surface area contributed by atoms with E-state index in [0.29, 0.717) is 0 Å². The molecule has 2 N–H and O–H groups in total. The third-order valence-corrected chi connectivity index (χ3v) is 2.24.